The highest BCUT2D eigenvalue weighted by molar-refractivity contribution is 8.00. The molecular formula is C15H23NOS. The van der Waals surface area contributed by atoms with Crippen molar-refractivity contribution in [3.63, 3.8) is 0 Å². The van der Waals surface area contributed by atoms with Crippen molar-refractivity contribution in [3.8, 4) is 0 Å². The van der Waals surface area contributed by atoms with Gasteiger partial charge in [-0.3, -0.25) is 0 Å². The molecule has 0 bridgehead atoms. The average Bonchev–Trinajstić information content (AvgIpc) is 2.47. The van der Waals surface area contributed by atoms with Crippen molar-refractivity contribution in [3.05, 3.63) is 30.3 Å². The first-order chi connectivity index (χ1) is 8.80. The molecule has 1 atom stereocenters. The SMILES string of the molecule is CCC(OC)(Sc1ccccc1)C1CCNCC1. The van der Waals surface area contributed by atoms with Crippen LogP contribution in [0.4, 0.5) is 0 Å². The molecule has 2 rings (SSSR count). The zero-order valence-electron chi connectivity index (χ0n) is 11.3. The van der Waals surface area contributed by atoms with Crippen LogP contribution in [0.5, 0.6) is 0 Å². The molecule has 100 valence electrons. The number of ether oxygens (including phenoxy) is 1. The Hall–Kier alpha value is -0.510. The standard InChI is InChI=1S/C15H23NOS/c1-3-15(17-2,13-9-11-16-12-10-13)18-14-7-5-4-6-8-14/h4-8,13,16H,3,9-12H2,1-2H3. The first-order valence-electron chi connectivity index (χ1n) is 6.80. The number of benzene rings is 1. The molecule has 18 heavy (non-hydrogen) atoms. The summed E-state index contributed by atoms with van der Waals surface area (Å²) in [5, 5.41) is 3.43. The van der Waals surface area contributed by atoms with E-state index in [9.17, 15) is 0 Å². The molecule has 0 spiro atoms. The van der Waals surface area contributed by atoms with Crippen LogP contribution in [0.1, 0.15) is 26.2 Å². The molecular weight excluding hydrogens is 242 g/mol. The van der Waals surface area contributed by atoms with Crippen LogP contribution in [0.2, 0.25) is 0 Å². The van der Waals surface area contributed by atoms with Gasteiger partial charge in [0.1, 0.15) is 4.93 Å². The summed E-state index contributed by atoms with van der Waals surface area (Å²) in [6.07, 6.45) is 3.47. The molecule has 3 heteroatoms. The maximum atomic E-state index is 5.97. The topological polar surface area (TPSA) is 21.3 Å². The van der Waals surface area contributed by atoms with Crippen molar-refractivity contribution in [2.75, 3.05) is 20.2 Å². The van der Waals surface area contributed by atoms with E-state index in [1.165, 1.54) is 17.7 Å². The van der Waals surface area contributed by atoms with Crippen LogP contribution >= 0.6 is 11.8 Å². The largest absolute Gasteiger partial charge is 0.367 e. The van der Waals surface area contributed by atoms with Crippen molar-refractivity contribution in [1.82, 2.24) is 5.32 Å². The average molecular weight is 265 g/mol. The minimum Gasteiger partial charge on any atom is -0.367 e. The number of thioether (sulfide) groups is 1. The molecule has 1 aliphatic heterocycles. The maximum Gasteiger partial charge on any atom is 0.120 e. The van der Waals surface area contributed by atoms with E-state index in [0.29, 0.717) is 5.92 Å². The lowest BCUT2D eigenvalue weighted by Gasteiger charge is -2.40. The van der Waals surface area contributed by atoms with Gasteiger partial charge in [0.05, 0.1) is 0 Å². The fourth-order valence-electron chi connectivity index (χ4n) is 2.75. The lowest BCUT2D eigenvalue weighted by molar-refractivity contribution is 0.00594. The molecule has 1 saturated heterocycles. The Kier molecular flexibility index (Phi) is 5.10. The third-order valence-electron chi connectivity index (χ3n) is 3.83. The van der Waals surface area contributed by atoms with Crippen molar-refractivity contribution < 1.29 is 4.74 Å². The summed E-state index contributed by atoms with van der Waals surface area (Å²) in [5.41, 5.74) is 0. The second-order valence-electron chi connectivity index (χ2n) is 4.81. The smallest absolute Gasteiger partial charge is 0.120 e. The lowest BCUT2D eigenvalue weighted by Crippen LogP contribution is -2.42. The third-order valence-corrected chi connectivity index (χ3v) is 5.48. The Labute approximate surface area is 114 Å². The summed E-state index contributed by atoms with van der Waals surface area (Å²) >= 11 is 1.89. The minimum atomic E-state index is -0.0660. The number of rotatable bonds is 5. The van der Waals surface area contributed by atoms with E-state index in [4.69, 9.17) is 4.74 Å². The van der Waals surface area contributed by atoms with E-state index in [2.05, 4.69) is 42.6 Å². The Morgan fingerprint density at radius 3 is 2.50 bits per heavy atom. The fraction of sp³-hybridized carbons (Fsp3) is 0.600. The quantitative estimate of drug-likeness (QED) is 0.650. The summed E-state index contributed by atoms with van der Waals surface area (Å²) in [5.74, 6) is 0.638. The van der Waals surface area contributed by atoms with E-state index in [-0.39, 0.29) is 4.93 Å². The minimum absolute atomic E-state index is 0.0660. The van der Waals surface area contributed by atoms with Crippen molar-refractivity contribution in [2.45, 2.75) is 36.0 Å². The summed E-state index contributed by atoms with van der Waals surface area (Å²) in [4.78, 5) is 1.24. The van der Waals surface area contributed by atoms with E-state index in [1.807, 2.05) is 18.9 Å². The summed E-state index contributed by atoms with van der Waals surface area (Å²) < 4.78 is 5.97. The van der Waals surface area contributed by atoms with Crippen molar-refractivity contribution >= 4 is 11.8 Å². The van der Waals surface area contributed by atoms with Gasteiger partial charge < -0.3 is 10.1 Å². The number of hydrogen-bond acceptors (Lipinski definition) is 3. The van der Waals surface area contributed by atoms with Gasteiger partial charge in [-0.05, 0) is 44.5 Å². The molecule has 1 N–H and O–H groups in total. The lowest BCUT2D eigenvalue weighted by atomic mass is 9.90. The maximum absolute atomic E-state index is 5.97. The highest BCUT2D eigenvalue weighted by atomic mass is 32.2. The van der Waals surface area contributed by atoms with Gasteiger partial charge in [0.25, 0.3) is 0 Å². The number of piperidine rings is 1. The van der Waals surface area contributed by atoms with Gasteiger partial charge in [0.15, 0.2) is 0 Å². The monoisotopic (exact) mass is 265 g/mol. The van der Waals surface area contributed by atoms with Gasteiger partial charge >= 0.3 is 0 Å². The Balaban J connectivity index is 2.14. The van der Waals surface area contributed by atoms with Gasteiger partial charge in [0.2, 0.25) is 0 Å². The van der Waals surface area contributed by atoms with Crippen LogP contribution in [0.25, 0.3) is 0 Å². The molecule has 0 amide bonds. The van der Waals surface area contributed by atoms with Crippen LogP contribution in [0.3, 0.4) is 0 Å². The Bertz CT molecular complexity index is 345. The molecule has 1 aliphatic rings. The fourth-order valence-corrected chi connectivity index (χ4v) is 4.07. The zero-order valence-corrected chi connectivity index (χ0v) is 12.1. The zero-order chi connectivity index (χ0) is 12.8. The molecule has 0 saturated carbocycles. The first-order valence-corrected chi connectivity index (χ1v) is 7.62. The van der Waals surface area contributed by atoms with E-state index in [0.717, 1.165) is 19.5 Å². The summed E-state index contributed by atoms with van der Waals surface area (Å²) in [6.45, 7) is 4.47. The second-order valence-corrected chi connectivity index (χ2v) is 6.18. The molecule has 1 unspecified atom stereocenters. The number of nitrogens with one attached hydrogen (secondary N) is 1. The van der Waals surface area contributed by atoms with Crippen LogP contribution in [-0.4, -0.2) is 25.1 Å². The van der Waals surface area contributed by atoms with Gasteiger partial charge in [0, 0.05) is 17.9 Å². The molecule has 0 aliphatic carbocycles. The first kappa shape index (κ1) is 13.9. The summed E-state index contributed by atoms with van der Waals surface area (Å²) in [6, 6.07) is 10.6. The second kappa shape index (κ2) is 6.60. The Morgan fingerprint density at radius 1 is 1.28 bits per heavy atom. The van der Waals surface area contributed by atoms with Gasteiger partial charge in [-0.2, -0.15) is 0 Å². The van der Waals surface area contributed by atoms with Crippen LogP contribution < -0.4 is 5.32 Å². The summed E-state index contributed by atoms with van der Waals surface area (Å²) in [7, 11) is 1.86. The van der Waals surface area contributed by atoms with Crippen LogP contribution in [-0.2, 0) is 4.74 Å². The molecule has 1 heterocycles. The molecule has 1 aromatic rings. The van der Waals surface area contributed by atoms with Gasteiger partial charge in [-0.25, -0.2) is 0 Å². The van der Waals surface area contributed by atoms with Gasteiger partial charge in [-0.1, -0.05) is 36.9 Å². The van der Waals surface area contributed by atoms with Crippen LogP contribution in [0, 0.1) is 5.92 Å². The highest BCUT2D eigenvalue weighted by Crippen LogP contribution is 2.45. The van der Waals surface area contributed by atoms with E-state index >= 15 is 0 Å². The van der Waals surface area contributed by atoms with Crippen molar-refractivity contribution in [1.29, 1.82) is 0 Å². The van der Waals surface area contributed by atoms with Crippen LogP contribution in [0.15, 0.2) is 35.2 Å². The molecule has 0 aromatic heterocycles. The predicted octanol–water partition coefficient (Wildman–Crippen LogP) is 3.53. The number of hydrogen-bond donors (Lipinski definition) is 1. The Morgan fingerprint density at radius 2 is 1.94 bits per heavy atom. The van der Waals surface area contributed by atoms with E-state index in [1.54, 1.807) is 0 Å². The predicted molar refractivity (Wildman–Crippen MR) is 77.9 cm³/mol. The molecule has 1 fully saturated rings. The third kappa shape index (κ3) is 3.08. The van der Waals surface area contributed by atoms with Gasteiger partial charge in [-0.15, -0.1) is 0 Å². The normalized spacial score (nSPS) is 20.6. The molecule has 2 nitrogen and oxygen atoms in total. The molecule has 0 radical (unpaired) electrons. The highest BCUT2D eigenvalue weighted by Gasteiger charge is 2.38. The van der Waals surface area contributed by atoms with E-state index < -0.39 is 0 Å². The van der Waals surface area contributed by atoms with Crippen molar-refractivity contribution in [2.24, 2.45) is 5.92 Å². The number of methoxy groups -OCH3 is 1. The molecule has 1 aromatic carbocycles.